The maximum atomic E-state index is 12.4. The maximum Gasteiger partial charge on any atom is 0.303 e. The molecule has 2 rings (SSSR count). The number of esters is 1. The molecule has 0 aromatic carbocycles. The van der Waals surface area contributed by atoms with Crippen LogP contribution in [-0.2, 0) is 14.3 Å². The lowest BCUT2D eigenvalue weighted by Gasteiger charge is -2.28. The number of likely N-dealkylation sites (tertiary alicyclic amines) is 1. The molecule has 1 amide bonds. The summed E-state index contributed by atoms with van der Waals surface area (Å²) in [4.78, 5) is 29.0. The quantitative estimate of drug-likeness (QED) is 0.785. The molecule has 0 N–H and O–H groups in total. The first kappa shape index (κ1) is 15.3. The molecule has 0 bridgehead atoms. The maximum absolute atomic E-state index is 12.4. The van der Waals surface area contributed by atoms with Gasteiger partial charge in [0.05, 0.1) is 6.54 Å². The zero-order chi connectivity index (χ0) is 15.5. The first-order valence-corrected chi connectivity index (χ1v) is 6.94. The number of hydrogen-bond acceptors (Lipinski definition) is 5. The molecule has 1 aromatic heterocycles. The van der Waals surface area contributed by atoms with Gasteiger partial charge in [0.25, 0.3) is 5.91 Å². The molecule has 0 radical (unpaired) electrons. The Balaban J connectivity index is 1.93. The first-order chi connectivity index (χ1) is 9.88. The number of pyridine rings is 1. The van der Waals surface area contributed by atoms with Gasteiger partial charge in [-0.3, -0.25) is 14.6 Å². The van der Waals surface area contributed by atoms with Crippen LogP contribution in [0, 0.1) is 0 Å². The van der Waals surface area contributed by atoms with Crippen molar-refractivity contribution in [2.45, 2.75) is 38.9 Å². The normalized spacial score (nSPS) is 18.4. The van der Waals surface area contributed by atoms with Crippen LogP contribution in [0.15, 0.2) is 24.5 Å². The van der Waals surface area contributed by atoms with E-state index >= 15 is 0 Å². The lowest BCUT2D eigenvalue weighted by atomic mass is 10.1. The highest BCUT2D eigenvalue weighted by Gasteiger charge is 2.38. The molecular weight excluding hydrogens is 272 g/mol. The van der Waals surface area contributed by atoms with Gasteiger partial charge < -0.3 is 14.4 Å². The summed E-state index contributed by atoms with van der Waals surface area (Å²) in [5, 5.41) is 0. The third-order valence-corrected chi connectivity index (χ3v) is 3.30. The van der Waals surface area contributed by atoms with Gasteiger partial charge in [0, 0.05) is 32.3 Å². The summed E-state index contributed by atoms with van der Waals surface area (Å²) < 4.78 is 10.9. The van der Waals surface area contributed by atoms with E-state index in [2.05, 4.69) is 4.98 Å². The van der Waals surface area contributed by atoms with Crippen LogP contribution in [-0.4, -0.2) is 46.6 Å². The number of nitrogens with zero attached hydrogens (tertiary/aromatic N) is 2. The molecule has 2 heterocycles. The molecule has 1 aliphatic rings. The molecule has 21 heavy (non-hydrogen) atoms. The number of aromatic nitrogens is 1. The minimum Gasteiger partial charge on any atom is -0.488 e. The molecule has 1 aliphatic heterocycles. The monoisotopic (exact) mass is 292 g/mol. The van der Waals surface area contributed by atoms with Gasteiger partial charge in [-0.15, -0.1) is 0 Å². The van der Waals surface area contributed by atoms with Crippen molar-refractivity contribution >= 4 is 11.9 Å². The Morgan fingerprint density at radius 2 is 2.00 bits per heavy atom. The predicted molar refractivity (Wildman–Crippen MR) is 75.7 cm³/mol. The molecule has 1 fully saturated rings. The second-order valence-corrected chi connectivity index (χ2v) is 5.57. The van der Waals surface area contributed by atoms with Crippen molar-refractivity contribution in [3.8, 4) is 5.75 Å². The van der Waals surface area contributed by atoms with Crippen LogP contribution in [0.4, 0.5) is 0 Å². The van der Waals surface area contributed by atoms with E-state index in [9.17, 15) is 9.59 Å². The van der Waals surface area contributed by atoms with E-state index in [1.807, 2.05) is 0 Å². The summed E-state index contributed by atoms with van der Waals surface area (Å²) in [5.41, 5.74) is -1.14. The predicted octanol–water partition coefficient (Wildman–Crippen LogP) is 1.40. The zero-order valence-electron chi connectivity index (χ0n) is 12.5. The number of carbonyl (C=O) groups excluding carboxylic acids is 2. The molecule has 6 nitrogen and oxygen atoms in total. The van der Waals surface area contributed by atoms with Gasteiger partial charge in [-0.2, -0.15) is 0 Å². The summed E-state index contributed by atoms with van der Waals surface area (Å²) in [7, 11) is 0. The van der Waals surface area contributed by atoms with Crippen LogP contribution in [0.25, 0.3) is 0 Å². The van der Waals surface area contributed by atoms with Crippen LogP contribution in [0.2, 0.25) is 0 Å². The Hall–Kier alpha value is -2.11. The summed E-state index contributed by atoms with van der Waals surface area (Å²) in [6.07, 6.45) is 4.03. The van der Waals surface area contributed by atoms with Gasteiger partial charge in [0.15, 0.2) is 5.60 Å². The van der Waals surface area contributed by atoms with E-state index < -0.39 is 11.6 Å². The van der Waals surface area contributed by atoms with Gasteiger partial charge in [-0.1, -0.05) is 0 Å². The highest BCUT2D eigenvalue weighted by atomic mass is 16.6. The molecule has 1 saturated heterocycles. The van der Waals surface area contributed by atoms with Gasteiger partial charge >= 0.3 is 5.97 Å². The molecule has 0 aliphatic carbocycles. The van der Waals surface area contributed by atoms with Crippen LogP contribution in [0.1, 0.15) is 27.2 Å². The van der Waals surface area contributed by atoms with E-state index in [-0.39, 0.29) is 12.0 Å². The highest BCUT2D eigenvalue weighted by molar-refractivity contribution is 5.87. The highest BCUT2D eigenvalue weighted by Crippen LogP contribution is 2.21. The number of rotatable bonds is 4. The molecular formula is C15H20N2O4. The topological polar surface area (TPSA) is 68.7 Å². The van der Waals surface area contributed by atoms with Crippen molar-refractivity contribution in [3.05, 3.63) is 24.5 Å². The Kier molecular flexibility index (Phi) is 4.45. The van der Waals surface area contributed by atoms with Crippen molar-refractivity contribution in [2.75, 3.05) is 13.1 Å². The van der Waals surface area contributed by atoms with E-state index in [0.29, 0.717) is 13.1 Å². The fourth-order valence-corrected chi connectivity index (χ4v) is 2.40. The number of carbonyl (C=O) groups is 2. The van der Waals surface area contributed by atoms with Crippen LogP contribution >= 0.6 is 0 Å². The van der Waals surface area contributed by atoms with Crippen molar-refractivity contribution in [2.24, 2.45) is 0 Å². The Labute approximate surface area is 124 Å². The number of ether oxygens (including phenoxy) is 2. The molecule has 0 saturated carbocycles. The second-order valence-electron chi connectivity index (χ2n) is 5.57. The van der Waals surface area contributed by atoms with Gasteiger partial charge in [-0.05, 0) is 26.0 Å². The van der Waals surface area contributed by atoms with Gasteiger partial charge in [-0.25, -0.2) is 0 Å². The second kappa shape index (κ2) is 6.11. The molecule has 0 unspecified atom stereocenters. The largest absolute Gasteiger partial charge is 0.488 e. The van der Waals surface area contributed by atoms with Crippen molar-refractivity contribution in [3.63, 3.8) is 0 Å². The van der Waals surface area contributed by atoms with Gasteiger partial charge in [0.2, 0.25) is 0 Å². The molecule has 1 atom stereocenters. The third-order valence-electron chi connectivity index (χ3n) is 3.30. The van der Waals surface area contributed by atoms with Crippen LogP contribution in [0.5, 0.6) is 5.75 Å². The van der Waals surface area contributed by atoms with Crippen LogP contribution < -0.4 is 4.74 Å². The Bertz CT molecular complexity index is 516. The Morgan fingerprint density at radius 3 is 2.62 bits per heavy atom. The van der Waals surface area contributed by atoms with E-state index in [4.69, 9.17) is 9.47 Å². The molecule has 6 heteroatoms. The number of amides is 1. The van der Waals surface area contributed by atoms with E-state index in [0.717, 1.165) is 12.2 Å². The van der Waals surface area contributed by atoms with E-state index in [1.165, 1.54) is 6.92 Å². The minimum atomic E-state index is -1.14. The number of hydrogen-bond donors (Lipinski definition) is 0. The van der Waals surface area contributed by atoms with Gasteiger partial charge in [0.1, 0.15) is 11.9 Å². The standard InChI is InChI=1S/C15H20N2O4/c1-11(18)21-15(2,3)14(19)17-9-6-13(10-17)20-12-4-7-16-8-5-12/h4-5,7-8,13H,6,9-10H2,1-3H3/t13-/m1/s1. The van der Waals surface area contributed by atoms with E-state index in [1.54, 1.807) is 43.3 Å². The molecule has 1 aromatic rings. The average Bonchev–Trinajstić information content (AvgIpc) is 2.86. The van der Waals surface area contributed by atoms with Crippen molar-refractivity contribution in [1.29, 1.82) is 0 Å². The summed E-state index contributed by atoms with van der Waals surface area (Å²) >= 11 is 0. The summed E-state index contributed by atoms with van der Waals surface area (Å²) in [6, 6.07) is 3.57. The minimum absolute atomic E-state index is 0.0514. The van der Waals surface area contributed by atoms with Crippen molar-refractivity contribution in [1.82, 2.24) is 9.88 Å². The lowest BCUT2D eigenvalue weighted by Crippen LogP contribution is -2.47. The third kappa shape index (κ3) is 3.93. The average molecular weight is 292 g/mol. The Morgan fingerprint density at radius 1 is 1.33 bits per heavy atom. The molecule has 0 spiro atoms. The smallest absolute Gasteiger partial charge is 0.303 e. The van der Waals surface area contributed by atoms with Crippen molar-refractivity contribution < 1.29 is 19.1 Å². The SMILES string of the molecule is CC(=O)OC(C)(C)C(=O)N1CC[C@@H](Oc2ccncc2)C1. The summed E-state index contributed by atoms with van der Waals surface area (Å²) in [5.74, 6) is 0.0826. The lowest BCUT2D eigenvalue weighted by molar-refractivity contribution is -0.168. The fraction of sp³-hybridized carbons (Fsp3) is 0.533. The zero-order valence-corrected chi connectivity index (χ0v) is 12.5. The first-order valence-electron chi connectivity index (χ1n) is 6.94. The summed E-state index contributed by atoms with van der Waals surface area (Å²) in [6.45, 7) is 5.60. The van der Waals surface area contributed by atoms with Crippen LogP contribution in [0.3, 0.4) is 0 Å². The fourth-order valence-electron chi connectivity index (χ4n) is 2.40. The molecule has 114 valence electrons.